The molecule has 0 spiro atoms. The predicted molar refractivity (Wildman–Crippen MR) is 49.8 cm³/mol. The van der Waals surface area contributed by atoms with Gasteiger partial charge in [0.15, 0.2) is 0 Å². The first-order chi connectivity index (χ1) is 8.66. The summed E-state index contributed by atoms with van der Waals surface area (Å²) in [5, 5.41) is 8.02. The zero-order valence-electron chi connectivity index (χ0n) is 9.19. The Morgan fingerprint density at radius 2 is 1.84 bits per heavy atom. The van der Waals surface area contributed by atoms with E-state index < -0.39 is 42.1 Å². The van der Waals surface area contributed by atoms with E-state index in [0.29, 0.717) is 0 Å². The maximum absolute atomic E-state index is 13.1. The van der Waals surface area contributed by atoms with Gasteiger partial charge in [0.25, 0.3) is 0 Å². The number of alkyl halides is 4. The molecule has 2 heterocycles. The molecular weight excluding hydrogens is 276 g/mol. The van der Waals surface area contributed by atoms with Crippen molar-refractivity contribution in [2.75, 3.05) is 0 Å². The van der Waals surface area contributed by atoms with E-state index in [-0.39, 0.29) is 6.42 Å². The van der Waals surface area contributed by atoms with Gasteiger partial charge in [0, 0.05) is 6.42 Å². The van der Waals surface area contributed by atoms with Crippen molar-refractivity contribution in [2.24, 2.45) is 0 Å². The molecule has 0 saturated carbocycles. The van der Waals surface area contributed by atoms with Gasteiger partial charge in [-0.15, -0.1) is 0 Å². The number of carboxylic acids is 1. The largest absolute Gasteiger partial charge is 0.477 e. The van der Waals surface area contributed by atoms with E-state index in [0.717, 1.165) is 0 Å². The summed E-state index contributed by atoms with van der Waals surface area (Å²) in [6.45, 7) is 0. The number of carbonyl (C=O) groups excluding carboxylic acids is 1. The lowest BCUT2D eigenvalue weighted by molar-refractivity contribution is -0.237. The Kier molecular flexibility index (Phi) is 3.04. The van der Waals surface area contributed by atoms with Gasteiger partial charge in [-0.05, 0) is 0 Å². The topological polar surface area (TPSA) is 72.8 Å². The summed E-state index contributed by atoms with van der Waals surface area (Å²) in [6, 6.07) is 0. The van der Waals surface area contributed by atoms with Gasteiger partial charge in [0.1, 0.15) is 12.2 Å². The van der Waals surface area contributed by atoms with Crippen LogP contribution in [0.25, 0.3) is 0 Å². The van der Waals surface area contributed by atoms with Crippen LogP contribution in [-0.4, -0.2) is 47.2 Å². The van der Waals surface area contributed by atoms with Crippen LogP contribution >= 0.6 is 0 Å². The van der Waals surface area contributed by atoms with Crippen molar-refractivity contribution in [3.63, 3.8) is 0 Å². The maximum Gasteiger partial charge on any atom is 0.415 e. The van der Waals surface area contributed by atoms with Crippen LogP contribution in [0.3, 0.4) is 0 Å². The number of rotatable bonds is 4. The lowest BCUT2D eigenvalue weighted by atomic mass is 10.0. The van der Waals surface area contributed by atoms with Gasteiger partial charge < -0.3 is 14.6 Å². The van der Waals surface area contributed by atoms with Gasteiger partial charge in [-0.25, -0.2) is 9.59 Å². The molecular formula is C10H8F4O5. The lowest BCUT2D eigenvalue weighted by Gasteiger charge is -2.24. The van der Waals surface area contributed by atoms with Crippen LogP contribution in [-0.2, 0) is 19.1 Å². The highest BCUT2D eigenvalue weighted by molar-refractivity contribution is 5.89. The number of fused-ring (bicyclic) bond motifs is 2. The third-order valence-corrected chi connectivity index (χ3v) is 2.86. The number of ether oxygens (including phenoxy) is 2. The Labute approximate surface area is 103 Å². The highest BCUT2D eigenvalue weighted by Gasteiger charge is 2.69. The van der Waals surface area contributed by atoms with Crippen LogP contribution in [0.1, 0.15) is 6.42 Å². The fraction of sp³-hybridized carbons (Fsp3) is 0.600. The molecule has 3 atom stereocenters. The first-order valence-electron chi connectivity index (χ1n) is 5.20. The summed E-state index contributed by atoms with van der Waals surface area (Å²) in [6.07, 6.45) is 0.873. The number of carboxylic acid groups (broad SMARTS) is 1. The summed E-state index contributed by atoms with van der Waals surface area (Å²) < 4.78 is 61.0. The van der Waals surface area contributed by atoms with E-state index in [1.807, 2.05) is 0 Å². The second kappa shape index (κ2) is 4.19. The molecule has 3 unspecified atom stereocenters. The average molecular weight is 284 g/mol. The van der Waals surface area contributed by atoms with Crippen molar-refractivity contribution in [3.05, 3.63) is 12.2 Å². The molecule has 106 valence electrons. The molecule has 0 radical (unpaired) electrons. The monoisotopic (exact) mass is 284 g/mol. The van der Waals surface area contributed by atoms with E-state index in [2.05, 4.69) is 4.74 Å². The molecule has 1 fully saturated rings. The van der Waals surface area contributed by atoms with Gasteiger partial charge in [-0.1, -0.05) is 12.2 Å². The molecule has 1 N–H and O–H groups in total. The molecule has 1 saturated heterocycles. The highest BCUT2D eigenvalue weighted by Crippen LogP contribution is 2.38. The van der Waals surface area contributed by atoms with Crippen LogP contribution in [0, 0.1) is 0 Å². The van der Waals surface area contributed by atoms with Gasteiger partial charge >= 0.3 is 23.8 Å². The minimum absolute atomic E-state index is 0.0711. The van der Waals surface area contributed by atoms with E-state index in [9.17, 15) is 27.2 Å². The number of aliphatic carboxylic acids is 1. The molecule has 0 amide bonds. The van der Waals surface area contributed by atoms with Gasteiger partial charge in [-0.2, -0.15) is 17.6 Å². The molecule has 19 heavy (non-hydrogen) atoms. The molecule has 0 aliphatic carbocycles. The fourth-order valence-electron chi connectivity index (χ4n) is 1.82. The van der Waals surface area contributed by atoms with Gasteiger partial charge in [-0.3, -0.25) is 0 Å². The Balaban J connectivity index is 2.07. The minimum atomic E-state index is -5.53. The maximum atomic E-state index is 13.1. The Bertz CT molecular complexity index is 447. The van der Waals surface area contributed by atoms with E-state index in [1.165, 1.54) is 6.08 Å². The first-order valence-corrected chi connectivity index (χ1v) is 5.20. The third kappa shape index (κ3) is 2.07. The predicted octanol–water partition coefficient (Wildman–Crippen LogP) is 0.981. The van der Waals surface area contributed by atoms with Crippen LogP contribution in [0.2, 0.25) is 0 Å². The van der Waals surface area contributed by atoms with Crippen LogP contribution in [0.4, 0.5) is 17.6 Å². The molecule has 9 heteroatoms. The van der Waals surface area contributed by atoms with Crippen LogP contribution < -0.4 is 0 Å². The van der Waals surface area contributed by atoms with Crippen molar-refractivity contribution in [2.45, 2.75) is 36.6 Å². The van der Waals surface area contributed by atoms with Gasteiger partial charge in [0.2, 0.25) is 0 Å². The summed E-state index contributed by atoms with van der Waals surface area (Å²) in [7, 11) is 0. The van der Waals surface area contributed by atoms with E-state index >= 15 is 0 Å². The normalized spacial score (nSPS) is 29.6. The Morgan fingerprint density at radius 1 is 1.21 bits per heavy atom. The molecule has 0 aromatic rings. The number of hydrogen-bond acceptors (Lipinski definition) is 4. The summed E-state index contributed by atoms with van der Waals surface area (Å²) in [4.78, 5) is 21.1. The SMILES string of the molecule is O=C(O)C(F)(F)C(F)(F)C(=O)OC1CC2C=CC1O2. The average Bonchev–Trinajstić information content (AvgIpc) is 2.90. The second-order valence-electron chi connectivity index (χ2n) is 4.16. The van der Waals surface area contributed by atoms with Crippen molar-refractivity contribution in [1.82, 2.24) is 0 Å². The number of hydrogen-bond donors (Lipinski definition) is 1. The number of halogens is 4. The first kappa shape index (κ1) is 13.8. The molecule has 5 nitrogen and oxygen atoms in total. The smallest absolute Gasteiger partial charge is 0.415 e. The quantitative estimate of drug-likeness (QED) is 0.473. The summed E-state index contributed by atoms with van der Waals surface area (Å²) in [5.41, 5.74) is 0. The molecule has 0 aromatic carbocycles. The molecule has 0 aromatic heterocycles. The second-order valence-corrected chi connectivity index (χ2v) is 4.16. The zero-order valence-corrected chi connectivity index (χ0v) is 9.19. The third-order valence-electron chi connectivity index (χ3n) is 2.86. The molecule has 2 aliphatic rings. The summed E-state index contributed by atoms with van der Waals surface area (Å²) in [5.74, 6) is -16.6. The van der Waals surface area contributed by atoms with Crippen molar-refractivity contribution in [3.8, 4) is 0 Å². The van der Waals surface area contributed by atoms with Crippen LogP contribution in [0.15, 0.2) is 12.2 Å². The standard InChI is InChI=1S/C10H8F4O5/c11-9(12,7(15)16)10(13,14)8(17)19-6-3-4-1-2-5(6)18-4/h1-2,4-6H,3H2,(H,15,16). The molecule has 2 bridgehead atoms. The van der Waals surface area contributed by atoms with Crippen molar-refractivity contribution in [1.29, 1.82) is 0 Å². The Hall–Kier alpha value is -1.64. The lowest BCUT2D eigenvalue weighted by Crippen LogP contribution is -2.54. The highest BCUT2D eigenvalue weighted by atomic mass is 19.3. The number of carbonyl (C=O) groups is 2. The minimum Gasteiger partial charge on any atom is -0.477 e. The number of esters is 1. The fourth-order valence-corrected chi connectivity index (χ4v) is 1.82. The van der Waals surface area contributed by atoms with Crippen molar-refractivity contribution < 1.29 is 41.7 Å². The van der Waals surface area contributed by atoms with E-state index in [1.54, 1.807) is 6.08 Å². The van der Waals surface area contributed by atoms with Crippen LogP contribution in [0.5, 0.6) is 0 Å². The van der Waals surface area contributed by atoms with Crippen molar-refractivity contribution >= 4 is 11.9 Å². The summed E-state index contributed by atoms with van der Waals surface area (Å²) >= 11 is 0. The van der Waals surface area contributed by atoms with E-state index in [4.69, 9.17) is 9.84 Å². The molecule has 2 aliphatic heterocycles. The Morgan fingerprint density at radius 3 is 2.26 bits per heavy atom. The van der Waals surface area contributed by atoms with Gasteiger partial charge in [0.05, 0.1) is 6.10 Å². The molecule has 2 rings (SSSR count). The zero-order chi connectivity index (χ0) is 14.4.